The highest BCUT2D eigenvalue weighted by atomic mass is 32.2. The lowest BCUT2D eigenvalue weighted by molar-refractivity contribution is 0.0963. The summed E-state index contributed by atoms with van der Waals surface area (Å²) in [6.07, 6.45) is 2.86. The Labute approximate surface area is 124 Å². The van der Waals surface area contributed by atoms with Crippen molar-refractivity contribution in [2.24, 2.45) is 0 Å². The molecule has 1 heterocycles. The fraction of sp³-hybridized carbons (Fsp3) is 0.500. The molecule has 0 bridgehead atoms. The molecule has 116 valence electrons. The second-order valence-corrected chi connectivity index (χ2v) is 6.69. The van der Waals surface area contributed by atoms with Gasteiger partial charge in [-0.15, -0.1) is 0 Å². The van der Waals surface area contributed by atoms with E-state index in [1.165, 1.54) is 31.3 Å². The Morgan fingerprint density at radius 2 is 2.05 bits per heavy atom. The molecule has 1 aromatic carbocycles. The minimum Gasteiger partial charge on any atom is -0.378 e. The molecule has 0 saturated carbocycles. The summed E-state index contributed by atoms with van der Waals surface area (Å²) in [5.41, 5.74) is 0.427. The maximum atomic E-state index is 12.1. The van der Waals surface area contributed by atoms with E-state index in [-0.39, 0.29) is 16.9 Å². The first-order valence-corrected chi connectivity index (χ1v) is 8.44. The molecule has 0 radical (unpaired) electrons. The van der Waals surface area contributed by atoms with Crippen LogP contribution in [0, 0.1) is 0 Å². The first-order valence-electron chi connectivity index (χ1n) is 6.96. The maximum Gasteiger partial charge on any atom is 0.251 e. The lowest BCUT2D eigenvalue weighted by Gasteiger charge is -2.11. The fourth-order valence-electron chi connectivity index (χ4n) is 2.24. The van der Waals surface area contributed by atoms with Gasteiger partial charge in [-0.05, 0) is 43.5 Å². The summed E-state index contributed by atoms with van der Waals surface area (Å²) in [7, 11) is -2.01. The lowest BCUT2D eigenvalue weighted by atomic mass is 10.2. The van der Waals surface area contributed by atoms with Crippen molar-refractivity contribution in [2.45, 2.75) is 30.3 Å². The number of benzene rings is 1. The molecule has 1 atom stereocenters. The van der Waals surface area contributed by atoms with Gasteiger partial charge in [0.2, 0.25) is 10.0 Å². The standard InChI is InChI=1S/C14H20N2O4S/c1-15-14(17)11-4-6-13(7-5-11)21(18,19)16-9-8-12-3-2-10-20-12/h4-7,12,16H,2-3,8-10H2,1H3,(H,15,17). The minimum absolute atomic E-state index is 0.155. The molecule has 1 aliphatic rings. The first-order chi connectivity index (χ1) is 10.0. The lowest BCUT2D eigenvalue weighted by Crippen LogP contribution is -2.27. The molecule has 1 fully saturated rings. The van der Waals surface area contributed by atoms with Gasteiger partial charge in [-0.2, -0.15) is 0 Å². The van der Waals surface area contributed by atoms with Crippen LogP contribution in [0.25, 0.3) is 0 Å². The Kier molecular flexibility index (Phi) is 5.33. The van der Waals surface area contributed by atoms with E-state index in [9.17, 15) is 13.2 Å². The van der Waals surface area contributed by atoms with Crippen LogP contribution >= 0.6 is 0 Å². The zero-order valence-electron chi connectivity index (χ0n) is 12.0. The van der Waals surface area contributed by atoms with Crippen molar-refractivity contribution in [1.82, 2.24) is 10.0 Å². The molecule has 1 unspecified atom stereocenters. The topological polar surface area (TPSA) is 84.5 Å². The van der Waals surface area contributed by atoms with Crippen LogP contribution in [0.5, 0.6) is 0 Å². The van der Waals surface area contributed by atoms with Crippen molar-refractivity contribution in [3.8, 4) is 0 Å². The Bertz CT molecular complexity index is 577. The molecular formula is C14H20N2O4S. The average Bonchev–Trinajstić information content (AvgIpc) is 2.99. The van der Waals surface area contributed by atoms with Crippen LogP contribution in [-0.4, -0.2) is 40.6 Å². The van der Waals surface area contributed by atoms with Gasteiger partial charge in [0.05, 0.1) is 11.0 Å². The molecule has 21 heavy (non-hydrogen) atoms. The number of carbonyl (C=O) groups excluding carboxylic acids is 1. The Balaban J connectivity index is 1.93. The van der Waals surface area contributed by atoms with E-state index in [4.69, 9.17) is 4.74 Å². The van der Waals surface area contributed by atoms with Crippen LogP contribution in [0.3, 0.4) is 0 Å². The van der Waals surface area contributed by atoms with E-state index >= 15 is 0 Å². The van der Waals surface area contributed by atoms with Crippen LogP contribution in [0.15, 0.2) is 29.2 Å². The van der Waals surface area contributed by atoms with Crippen molar-refractivity contribution in [3.05, 3.63) is 29.8 Å². The molecule has 7 heteroatoms. The van der Waals surface area contributed by atoms with Gasteiger partial charge in [-0.3, -0.25) is 4.79 Å². The Hall–Kier alpha value is -1.44. The molecule has 2 N–H and O–H groups in total. The molecule has 1 aliphatic heterocycles. The Morgan fingerprint density at radius 1 is 1.33 bits per heavy atom. The number of sulfonamides is 1. The van der Waals surface area contributed by atoms with E-state index in [2.05, 4.69) is 10.0 Å². The van der Waals surface area contributed by atoms with Gasteiger partial charge in [-0.1, -0.05) is 0 Å². The summed E-state index contributed by atoms with van der Waals surface area (Å²) in [6, 6.07) is 5.85. The third-order valence-corrected chi connectivity index (χ3v) is 4.91. The first kappa shape index (κ1) is 15.9. The largest absolute Gasteiger partial charge is 0.378 e. The van der Waals surface area contributed by atoms with E-state index in [1.807, 2.05) is 0 Å². The van der Waals surface area contributed by atoms with Gasteiger partial charge in [0.25, 0.3) is 5.91 Å². The summed E-state index contributed by atoms with van der Waals surface area (Å²) >= 11 is 0. The van der Waals surface area contributed by atoms with E-state index < -0.39 is 10.0 Å². The maximum absolute atomic E-state index is 12.1. The van der Waals surface area contributed by atoms with Crippen LogP contribution in [0.4, 0.5) is 0 Å². The minimum atomic E-state index is -3.54. The highest BCUT2D eigenvalue weighted by Crippen LogP contribution is 2.15. The monoisotopic (exact) mass is 312 g/mol. The summed E-state index contributed by atoms with van der Waals surface area (Å²) < 4.78 is 32.2. The smallest absolute Gasteiger partial charge is 0.251 e. The van der Waals surface area contributed by atoms with Gasteiger partial charge in [-0.25, -0.2) is 13.1 Å². The van der Waals surface area contributed by atoms with Crippen molar-refractivity contribution >= 4 is 15.9 Å². The van der Waals surface area contributed by atoms with Crippen molar-refractivity contribution < 1.29 is 17.9 Å². The second-order valence-electron chi connectivity index (χ2n) is 4.92. The molecule has 6 nitrogen and oxygen atoms in total. The van der Waals surface area contributed by atoms with E-state index in [1.54, 1.807) is 0 Å². The number of ether oxygens (including phenoxy) is 1. The number of amides is 1. The summed E-state index contributed by atoms with van der Waals surface area (Å²) in [5.74, 6) is -0.245. The molecule has 0 aliphatic carbocycles. The van der Waals surface area contributed by atoms with Gasteiger partial charge >= 0.3 is 0 Å². The molecule has 0 aromatic heterocycles. The second kappa shape index (κ2) is 7.02. The zero-order chi connectivity index (χ0) is 15.3. The molecule has 0 spiro atoms. The predicted octanol–water partition coefficient (Wildman–Crippen LogP) is 0.894. The van der Waals surface area contributed by atoms with Gasteiger partial charge in [0, 0.05) is 25.8 Å². The highest BCUT2D eigenvalue weighted by molar-refractivity contribution is 7.89. The van der Waals surface area contributed by atoms with Gasteiger partial charge in [0.15, 0.2) is 0 Å². The number of rotatable bonds is 6. The third-order valence-electron chi connectivity index (χ3n) is 3.44. The van der Waals surface area contributed by atoms with Crippen LogP contribution in [-0.2, 0) is 14.8 Å². The fourth-order valence-corrected chi connectivity index (χ4v) is 3.29. The van der Waals surface area contributed by atoms with E-state index in [0.717, 1.165) is 19.4 Å². The average molecular weight is 312 g/mol. The molecule has 2 rings (SSSR count). The third kappa shape index (κ3) is 4.26. The normalized spacial score (nSPS) is 18.6. The van der Waals surface area contributed by atoms with Crippen molar-refractivity contribution in [3.63, 3.8) is 0 Å². The van der Waals surface area contributed by atoms with Crippen LogP contribution < -0.4 is 10.0 Å². The number of nitrogens with one attached hydrogen (secondary N) is 2. The van der Waals surface area contributed by atoms with Crippen LogP contribution in [0.2, 0.25) is 0 Å². The summed E-state index contributed by atoms with van der Waals surface area (Å²) in [4.78, 5) is 11.6. The quantitative estimate of drug-likeness (QED) is 0.817. The SMILES string of the molecule is CNC(=O)c1ccc(S(=O)(=O)NCCC2CCCO2)cc1. The number of hydrogen-bond acceptors (Lipinski definition) is 4. The summed E-state index contributed by atoms with van der Waals surface area (Å²) in [5, 5.41) is 2.49. The number of hydrogen-bond donors (Lipinski definition) is 2. The van der Waals surface area contributed by atoms with Gasteiger partial charge in [0.1, 0.15) is 0 Å². The van der Waals surface area contributed by atoms with Crippen molar-refractivity contribution in [1.29, 1.82) is 0 Å². The Morgan fingerprint density at radius 3 is 2.62 bits per heavy atom. The molecule has 1 saturated heterocycles. The molecule has 1 amide bonds. The molecule has 1 aromatic rings. The highest BCUT2D eigenvalue weighted by Gasteiger charge is 2.18. The van der Waals surface area contributed by atoms with Gasteiger partial charge < -0.3 is 10.1 Å². The van der Waals surface area contributed by atoms with Crippen molar-refractivity contribution in [2.75, 3.05) is 20.2 Å². The number of carbonyl (C=O) groups is 1. The zero-order valence-corrected chi connectivity index (χ0v) is 12.8. The predicted molar refractivity (Wildman–Crippen MR) is 78.6 cm³/mol. The van der Waals surface area contributed by atoms with Crippen LogP contribution in [0.1, 0.15) is 29.6 Å². The summed E-state index contributed by atoms with van der Waals surface area (Å²) in [6.45, 7) is 1.11. The molecular weight excluding hydrogens is 292 g/mol. The van der Waals surface area contributed by atoms with E-state index in [0.29, 0.717) is 18.5 Å².